The number of Topliss-reactive ketones (excluding diaryl/α,β-unsaturated/α-hetero) is 1. The van der Waals surface area contributed by atoms with Crippen molar-refractivity contribution < 1.29 is 14.5 Å². The van der Waals surface area contributed by atoms with Crippen molar-refractivity contribution in [3.05, 3.63) is 10.1 Å². The molecule has 148 valence electrons. The highest BCUT2D eigenvalue weighted by Gasteiger charge is 2.56. The fourth-order valence-electron chi connectivity index (χ4n) is 5.74. The minimum atomic E-state index is -0.620. The maximum atomic E-state index is 12.7. The molecule has 2 aliphatic carbocycles. The molecule has 2 saturated carbocycles. The van der Waals surface area contributed by atoms with Crippen LogP contribution >= 0.6 is 0 Å². The fraction of sp³-hybridized carbons (Fsp3) is 0.952. The van der Waals surface area contributed by atoms with Crippen molar-refractivity contribution in [3.63, 3.8) is 0 Å². The third-order valence-electron chi connectivity index (χ3n) is 7.14. The SMILES string of the molecule is CCCCCC(C)(C)CC(CCC(=O)C1OC2CC3CC2CC31)[N+](=O)[O-]. The Hall–Kier alpha value is -0.970. The third kappa shape index (κ3) is 4.29. The molecule has 4 fully saturated rings. The summed E-state index contributed by atoms with van der Waals surface area (Å²) in [6, 6.07) is -0.620. The first-order valence-electron chi connectivity index (χ1n) is 10.6. The van der Waals surface area contributed by atoms with Gasteiger partial charge in [-0.1, -0.05) is 40.0 Å². The van der Waals surface area contributed by atoms with Crippen LogP contribution < -0.4 is 0 Å². The Labute approximate surface area is 157 Å². The zero-order valence-electron chi connectivity index (χ0n) is 16.6. The molecule has 2 saturated heterocycles. The Kier molecular flexibility index (Phi) is 6.05. The number of hydrogen-bond acceptors (Lipinski definition) is 4. The number of nitro groups is 1. The molecular formula is C21H35NO4. The second-order valence-corrected chi connectivity index (χ2v) is 9.76. The van der Waals surface area contributed by atoms with Crippen LogP contribution in [0.15, 0.2) is 0 Å². The van der Waals surface area contributed by atoms with Gasteiger partial charge in [0.25, 0.3) is 0 Å². The average Bonchev–Trinajstić information content (AvgIpc) is 3.14. The van der Waals surface area contributed by atoms with E-state index in [9.17, 15) is 14.9 Å². The van der Waals surface area contributed by atoms with E-state index in [0.717, 1.165) is 32.1 Å². The molecule has 26 heavy (non-hydrogen) atoms. The first-order chi connectivity index (χ1) is 12.3. The monoisotopic (exact) mass is 365 g/mol. The summed E-state index contributed by atoms with van der Waals surface area (Å²) in [5.41, 5.74) is -0.0441. The maximum absolute atomic E-state index is 12.7. The molecule has 6 unspecified atom stereocenters. The van der Waals surface area contributed by atoms with Gasteiger partial charge in [-0.15, -0.1) is 0 Å². The Morgan fingerprint density at radius 2 is 2.00 bits per heavy atom. The maximum Gasteiger partial charge on any atom is 0.214 e. The summed E-state index contributed by atoms with van der Waals surface area (Å²) >= 11 is 0. The quantitative estimate of drug-likeness (QED) is 0.300. The standard InChI is InChI=1S/C21H35NO4/c1-4-5-6-9-21(2,3)13-16(22(24)25)7-8-18(23)20-17-11-15-10-14(17)12-19(15)26-20/h14-17,19-20H,4-13H2,1-3H3. The number of nitrogens with zero attached hydrogens (tertiary/aromatic N) is 1. The fourth-order valence-corrected chi connectivity index (χ4v) is 5.74. The summed E-state index contributed by atoms with van der Waals surface area (Å²) in [5, 5.41) is 11.5. The van der Waals surface area contributed by atoms with E-state index in [2.05, 4.69) is 20.8 Å². The van der Waals surface area contributed by atoms with Crippen LogP contribution in [0, 0.1) is 33.3 Å². The summed E-state index contributed by atoms with van der Waals surface area (Å²) in [7, 11) is 0. The van der Waals surface area contributed by atoms with E-state index in [0.29, 0.717) is 37.0 Å². The van der Waals surface area contributed by atoms with Crippen molar-refractivity contribution in [2.24, 2.45) is 23.2 Å². The number of carbonyl (C=O) groups is 1. The van der Waals surface area contributed by atoms with Gasteiger partial charge >= 0.3 is 0 Å². The molecule has 0 aromatic rings. The van der Waals surface area contributed by atoms with E-state index in [4.69, 9.17) is 4.74 Å². The van der Waals surface area contributed by atoms with Gasteiger partial charge < -0.3 is 4.74 Å². The van der Waals surface area contributed by atoms with Crippen molar-refractivity contribution in [2.45, 2.75) is 103 Å². The molecule has 6 atom stereocenters. The molecule has 0 amide bonds. The lowest BCUT2D eigenvalue weighted by Gasteiger charge is -2.41. The molecule has 5 nitrogen and oxygen atoms in total. The van der Waals surface area contributed by atoms with Crippen LogP contribution in [-0.2, 0) is 9.53 Å². The molecule has 4 aliphatic rings. The summed E-state index contributed by atoms with van der Waals surface area (Å²) < 4.78 is 6.04. The van der Waals surface area contributed by atoms with E-state index in [1.54, 1.807) is 0 Å². The van der Waals surface area contributed by atoms with Crippen molar-refractivity contribution in [3.8, 4) is 0 Å². The van der Waals surface area contributed by atoms with Gasteiger partial charge in [-0.3, -0.25) is 14.9 Å². The number of ether oxygens (including phenoxy) is 1. The molecule has 4 rings (SSSR count). The predicted molar refractivity (Wildman–Crippen MR) is 101 cm³/mol. The van der Waals surface area contributed by atoms with Gasteiger partial charge in [0.15, 0.2) is 5.78 Å². The number of rotatable bonds is 11. The van der Waals surface area contributed by atoms with Gasteiger partial charge in [-0.05, 0) is 48.9 Å². The highest BCUT2D eigenvalue weighted by molar-refractivity contribution is 5.83. The zero-order chi connectivity index (χ0) is 18.9. The summed E-state index contributed by atoms with van der Waals surface area (Å²) in [6.45, 7) is 6.41. The van der Waals surface area contributed by atoms with Gasteiger partial charge in [-0.25, -0.2) is 0 Å². The minimum Gasteiger partial charge on any atom is -0.367 e. The van der Waals surface area contributed by atoms with Crippen molar-refractivity contribution in [1.29, 1.82) is 0 Å². The topological polar surface area (TPSA) is 69.4 Å². The van der Waals surface area contributed by atoms with Gasteiger partial charge in [0.05, 0.1) is 6.10 Å². The Morgan fingerprint density at radius 1 is 1.23 bits per heavy atom. The number of ketones is 1. The molecule has 0 aromatic heterocycles. The van der Waals surface area contributed by atoms with E-state index >= 15 is 0 Å². The van der Waals surface area contributed by atoms with Gasteiger partial charge in [0, 0.05) is 24.2 Å². The first-order valence-corrected chi connectivity index (χ1v) is 10.6. The highest BCUT2D eigenvalue weighted by atomic mass is 16.6. The van der Waals surface area contributed by atoms with E-state index in [1.165, 1.54) is 12.8 Å². The molecule has 4 bridgehead atoms. The number of hydrogen-bond donors (Lipinski definition) is 0. The molecular weight excluding hydrogens is 330 g/mol. The van der Waals surface area contributed by atoms with Crippen molar-refractivity contribution >= 4 is 5.78 Å². The van der Waals surface area contributed by atoms with Crippen LogP contribution in [0.2, 0.25) is 0 Å². The van der Waals surface area contributed by atoms with Crippen molar-refractivity contribution in [2.75, 3.05) is 0 Å². The van der Waals surface area contributed by atoms with Crippen LogP contribution in [0.1, 0.15) is 85.0 Å². The molecule has 0 aromatic carbocycles. The Balaban J connectivity index is 1.49. The molecule has 0 radical (unpaired) electrons. The highest BCUT2D eigenvalue weighted by Crippen LogP contribution is 2.56. The lowest BCUT2D eigenvalue weighted by molar-refractivity contribution is -0.527. The molecule has 2 aliphatic heterocycles. The summed E-state index contributed by atoms with van der Waals surface area (Å²) in [4.78, 5) is 24.1. The molecule has 0 N–H and O–H groups in total. The normalized spacial score (nSPS) is 33.6. The average molecular weight is 366 g/mol. The van der Waals surface area contributed by atoms with Crippen LogP contribution in [0.4, 0.5) is 0 Å². The van der Waals surface area contributed by atoms with Gasteiger partial charge in [0.1, 0.15) is 6.10 Å². The van der Waals surface area contributed by atoms with E-state index in [-0.39, 0.29) is 28.3 Å². The number of fused-ring (bicyclic) bond motifs is 1. The predicted octanol–water partition coefficient (Wildman–Crippen LogP) is 4.79. The zero-order valence-corrected chi connectivity index (χ0v) is 16.6. The first kappa shape index (κ1) is 19.8. The van der Waals surface area contributed by atoms with Crippen LogP contribution in [0.5, 0.6) is 0 Å². The smallest absolute Gasteiger partial charge is 0.214 e. The van der Waals surface area contributed by atoms with Crippen LogP contribution in [-0.4, -0.2) is 29.0 Å². The lowest BCUT2D eigenvalue weighted by Crippen LogP contribution is -2.47. The lowest BCUT2D eigenvalue weighted by atomic mass is 9.77. The summed E-state index contributed by atoms with van der Waals surface area (Å²) in [5.74, 6) is 1.83. The Bertz CT molecular complexity index is 530. The van der Waals surface area contributed by atoms with Gasteiger partial charge in [0.2, 0.25) is 6.04 Å². The molecule has 0 spiro atoms. The second kappa shape index (κ2) is 7.95. The van der Waals surface area contributed by atoms with Crippen LogP contribution in [0.3, 0.4) is 0 Å². The summed E-state index contributed by atoms with van der Waals surface area (Å²) in [6.07, 6.45) is 9.16. The largest absolute Gasteiger partial charge is 0.367 e. The second-order valence-electron chi connectivity index (χ2n) is 9.76. The Morgan fingerprint density at radius 3 is 2.58 bits per heavy atom. The van der Waals surface area contributed by atoms with Gasteiger partial charge in [-0.2, -0.15) is 0 Å². The van der Waals surface area contributed by atoms with Crippen LogP contribution in [0.25, 0.3) is 0 Å². The third-order valence-corrected chi connectivity index (χ3v) is 7.14. The van der Waals surface area contributed by atoms with E-state index in [1.807, 2.05) is 0 Å². The minimum absolute atomic E-state index is 0.0441. The number of carbonyl (C=O) groups excluding carboxylic acids is 1. The molecule has 5 heteroatoms. The van der Waals surface area contributed by atoms with E-state index < -0.39 is 6.04 Å². The molecule has 2 heterocycles. The van der Waals surface area contributed by atoms with Crippen molar-refractivity contribution in [1.82, 2.24) is 0 Å². The number of unbranched alkanes of at least 4 members (excludes halogenated alkanes) is 2.